The molecule has 0 aliphatic carbocycles. The molecule has 0 fully saturated rings. The number of benzene rings is 1. The van der Waals surface area contributed by atoms with Crippen molar-refractivity contribution in [3.63, 3.8) is 0 Å². The second-order valence-corrected chi connectivity index (χ2v) is 10.6. The maximum atomic E-state index is 12.8. The minimum absolute atomic E-state index is 0. The summed E-state index contributed by atoms with van der Waals surface area (Å²) in [6, 6.07) is 1.77. The number of nitrogens with one attached hydrogen (secondary N) is 2. The molecule has 5 N–H and O–H groups in total. The van der Waals surface area contributed by atoms with Crippen LogP contribution in [0.4, 0.5) is 13.2 Å². The second-order valence-electron chi connectivity index (χ2n) is 6.93. The number of carbonyl (C=O) groups is 2. The molecule has 2 rings (SSSR count). The molecule has 12 nitrogen and oxygen atoms in total. The van der Waals surface area contributed by atoms with Gasteiger partial charge in [0.2, 0.25) is 5.78 Å². The van der Waals surface area contributed by atoms with Gasteiger partial charge in [-0.15, -0.1) is 0 Å². The van der Waals surface area contributed by atoms with E-state index in [0.717, 1.165) is 10.7 Å². The van der Waals surface area contributed by atoms with Crippen LogP contribution in [0, 0.1) is 6.92 Å². The van der Waals surface area contributed by atoms with E-state index in [2.05, 4.69) is 10.4 Å². The molecule has 0 atom stereocenters. The summed E-state index contributed by atoms with van der Waals surface area (Å²) in [5.41, 5.74) is -2.51. The third-order valence-corrected chi connectivity index (χ3v) is 5.78. The number of aliphatic carboxylic acids is 1. The molecule has 1 aromatic carbocycles. The van der Waals surface area contributed by atoms with E-state index in [-0.39, 0.29) is 64.1 Å². The Hall–Kier alpha value is -1.14. The number of rotatable bonds is 7. The maximum absolute atomic E-state index is 12.8. The first-order valence-corrected chi connectivity index (χ1v) is 12.6. The van der Waals surface area contributed by atoms with Crippen molar-refractivity contribution in [1.29, 1.82) is 0 Å². The number of H-pyrrole nitrogens is 1. The number of sulfone groups is 1. The number of carboxylic acids is 1. The zero-order valence-corrected chi connectivity index (χ0v) is 23.7. The monoisotopic (exact) mass is 571 g/mol. The van der Waals surface area contributed by atoms with E-state index in [4.69, 9.17) is 14.9 Å². The Kier molecular flexibility index (Phi) is 12.5. The number of ketones is 1. The van der Waals surface area contributed by atoms with E-state index >= 15 is 0 Å². The summed E-state index contributed by atoms with van der Waals surface area (Å²) < 4.78 is 73.2. The molecule has 0 bridgehead atoms. The van der Waals surface area contributed by atoms with E-state index in [9.17, 15) is 40.5 Å². The van der Waals surface area contributed by atoms with Crippen LogP contribution in [0.1, 0.15) is 28.6 Å². The van der Waals surface area contributed by atoms with Crippen molar-refractivity contribution in [2.24, 2.45) is 7.05 Å². The maximum Gasteiger partial charge on any atom is 1.00 e. The molecule has 192 valence electrons. The number of hydrogen-bond acceptors (Lipinski definition) is 7. The molecule has 2 aromatic rings. The second kappa shape index (κ2) is 12.9. The summed E-state index contributed by atoms with van der Waals surface area (Å²) in [5.74, 6) is -2.10. The van der Waals surface area contributed by atoms with Gasteiger partial charge in [0, 0.05) is 24.6 Å². The van der Waals surface area contributed by atoms with Crippen LogP contribution in [0.15, 0.2) is 27.9 Å². The largest absolute Gasteiger partial charge is 1.00 e. The van der Waals surface area contributed by atoms with E-state index in [1.807, 2.05) is 0 Å². The standard InChI is InChI=1S/C14H13F3N2O4S.C3H8NO5P.K.H/c1-7-11(13(21)19(2)18-7)12(20)9-5-4-8(14(15,16)17)6-10(9)24(3,22)23;5-3(6)1-4-2-10(7,8)9;;/h4-6,18H,1-3H3;4H,1-2H2,(H,5,6)(H2,7,8,9);;/q;;+1;-1. The van der Waals surface area contributed by atoms with Crippen LogP contribution in [-0.4, -0.2) is 63.9 Å². The van der Waals surface area contributed by atoms with Gasteiger partial charge < -0.3 is 16.3 Å². The Morgan fingerprint density at radius 1 is 1.26 bits per heavy atom. The first-order chi connectivity index (χ1) is 15.3. The van der Waals surface area contributed by atoms with Crippen LogP contribution >= 0.6 is 7.60 Å². The quantitative estimate of drug-likeness (QED) is 0.136. The zero-order chi connectivity index (χ0) is 26.6. The van der Waals surface area contributed by atoms with Crippen LogP contribution in [-0.2, 0) is 32.4 Å². The number of halogens is 3. The van der Waals surface area contributed by atoms with Crippen molar-refractivity contribution in [3.8, 4) is 0 Å². The first-order valence-electron chi connectivity index (χ1n) is 8.94. The van der Waals surface area contributed by atoms with Gasteiger partial charge in [-0.2, -0.15) is 13.2 Å². The number of aromatic amines is 1. The molecule has 0 amide bonds. The van der Waals surface area contributed by atoms with Crippen molar-refractivity contribution in [2.75, 3.05) is 19.1 Å². The SMILES string of the molecule is Cc1[nH]n(C)c(=O)c1C(=O)c1ccc(C(F)(F)F)cc1S(C)(=O)=O.O=C(O)CNCP(=O)(O)O.[H-].[K+]. The molecule has 0 radical (unpaired) electrons. The normalized spacial score (nSPS) is 11.8. The Morgan fingerprint density at radius 3 is 2.17 bits per heavy atom. The van der Waals surface area contributed by atoms with E-state index in [1.165, 1.54) is 14.0 Å². The Bertz CT molecular complexity index is 1310. The van der Waals surface area contributed by atoms with Gasteiger partial charge >= 0.3 is 71.1 Å². The summed E-state index contributed by atoms with van der Waals surface area (Å²) in [7, 11) is -6.87. The third-order valence-electron chi connectivity index (χ3n) is 4.00. The van der Waals surface area contributed by atoms with Crippen LogP contribution < -0.4 is 62.3 Å². The molecule has 0 unspecified atom stereocenters. The van der Waals surface area contributed by atoms with E-state index in [1.54, 1.807) is 0 Å². The molecule has 0 aliphatic heterocycles. The van der Waals surface area contributed by atoms with Crippen molar-refractivity contribution >= 4 is 29.2 Å². The van der Waals surface area contributed by atoms with E-state index in [0.29, 0.717) is 18.4 Å². The predicted octanol–water partition coefficient (Wildman–Crippen LogP) is -2.41. The minimum Gasteiger partial charge on any atom is -1.00 e. The average molecular weight is 572 g/mol. The molecule has 1 aromatic heterocycles. The summed E-state index contributed by atoms with van der Waals surface area (Å²) in [5, 5.41) is 12.6. The van der Waals surface area contributed by atoms with Crippen LogP contribution in [0.5, 0.6) is 0 Å². The number of aromatic nitrogens is 2. The van der Waals surface area contributed by atoms with Gasteiger partial charge in [0.1, 0.15) is 5.56 Å². The van der Waals surface area contributed by atoms with Gasteiger partial charge in [-0.1, -0.05) is 0 Å². The Morgan fingerprint density at radius 2 is 1.80 bits per heavy atom. The molecule has 0 spiro atoms. The van der Waals surface area contributed by atoms with Crippen molar-refractivity contribution in [1.82, 2.24) is 15.1 Å². The fourth-order valence-corrected chi connectivity index (χ4v) is 3.89. The number of nitrogens with zero attached hydrogens (tertiary/aromatic N) is 1. The number of alkyl halides is 3. The van der Waals surface area contributed by atoms with Crippen LogP contribution in [0.25, 0.3) is 0 Å². The van der Waals surface area contributed by atoms with Gasteiger partial charge in [-0.05, 0) is 25.1 Å². The van der Waals surface area contributed by atoms with Gasteiger partial charge in [-0.3, -0.25) is 34.0 Å². The first kappa shape index (κ1) is 33.9. The van der Waals surface area contributed by atoms with Gasteiger partial charge in [0.05, 0.1) is 23.3 Å². The molecular weight excluding hydrogens is 549 g/mol. The molecule has 18 heteroatoms. The average Bonchev–Trinajstić information content (AvgIpc) is 2.90. The Labute approximate surface area is 240 Å². The number of carboxylic acid groups (broad SMARTS) is 1. The summed E-state index contributed by atoms with van der Waals surface area (Å²) in [6.45, 7) is 0.990. The van der Waals surface area contributed by atoms with Crippen molar-refractivity contribution in [3.05, 3.63) is 50.9 Å². The summed E-state index contributed by atoms with van der Waals surface area (Å²) in [4.78, 5) is 49.9. The summed E-state index contributed by atoms with van der Waals surface area (Å²) >= 11 is 0. The van der Waals surface area contributed by atoms with Gasteiger partial charge in [0.15, 0.2) is 9.84 Å². The molecule has 0 saturated heterocycles. The predicted molar refractivity (Wildman–Crippen MR) is 112 cm³/mol. The molecule has 35 heavy (non-hydrogen) atoms. The minimum atomic E-state index is -4.76. The number of carbonyl (C=O) groups excluding carboxylic acids is 1. The molecular formula is C17H22F3KN3O9PS. The van der Waals surface area contributed by atoms with Crippen molar-refractivity contribution in [2.45, 2.75) is 18.0 Å². The third kappa shape index (κ3) is 10.4. The molecule has 1 heterocycles. The van der Waals surface area contributed by atoms with Gasteiger partial charge in [0.25, 0.3) is 5.56 Å². The number of aryl methyl sites for hydroxylation is 2. The van der Waals surface area contributed by atoms with Crippen LogP contribution in [0.3, 0.4) is 0 Å². The fourth-order valence-electron chi connectivity index (χ4n) is 2.59. The molecule has 0 aliphatic rings. The smallest absolute Gasteiger partial charge is 1.00 e. The zero-order valence-electron chi connectivity index (χ0n) is 19.9. The van der Waals surface area contributed by atoms with Crippen molar-refractivity contribution < 1.29 is 103 Å². The van der Waals surface area contributed by atoms with Gasteiger partial charge in [-0.25, -0.2) is 8.42 Å². The topological polar surface area (TPSA) is 196 Å². The number of hydrogen-bond donors (Lipinski definition) is 5. The summed E-state index contributed by atoms with van der Waals surface area (Å²) in [6.07, 6.45) is -4.66. The van der Waals surface area contributed by atoms with Crippen LogP contribution in [0.2, 0.25) is 0 Å². The Balaban J connectivity index is 0. The molecule has 0 saturated carbocycles. The fraction of sp³-hybridized carbons (Fsp3) is 0.353. The van der Waals surface area contributed by atoms with E-state index < -0.39 is 69.8 Å².